The van der Waals surface area contributed by atoms with Gasteiger partial charge in [-0.1, -0.05) is 23.9 Å². The molecule has 0 fully saturated rings. The minimum Gasteiger partial charge on any atom is -0.492 e. The molecule has 0 saturated heterocycles. The predicted octanol–water partition coefficient (Wildman–Crippen LogP) is 2.58. The highest BCUT2D eigenvalue weighted by atomic mass is 32.2. The Balaban J connectivity index is 1.82. The summed E-state index contributed by atoms with van der Waals surface area (Å²) in [5.74, 6) is 2.06. The molecule has 1 aromatic carbocycles. The SMILES string of the molecule is CSc1nc(N)cc(NCCOc2cccc(C)c2)n1. The highest BCUT2D eigenvalue weighted by molar-refractivity contribution is 7.98. The Morgan fingerprint density at radius 2 is 2.15 bits per heavy atom. The first-order chi connectivity index (χ1) is 9.67. The molecule has 0 aliphatic rings. The smallest absolute Gasteiger partial charge is 0.191 e. The summed E-state index contributed by atoms with van der Waals surface area (Å²) in [6.45, 7) is 3.25. The number of anilines is 2. The van der Waals surface area contributed by atoms with Crippen molar-refractivity contribution in [2.24, 2.45) is 0 Å². The number of hydrogen-bond acceptors (Lipinski definition) is 6. The number of aryl methyl sites for hydroxylation is 1. The van der Waals surface area contributed by atoms with Gasteiger partial charge in [0.25, 0.3) is 0 Å². The number of hydrogen-bond donors (Lipinski definition) is 2. The minimum atomic E-state index is 0.464. The lowest BCUT2D eigenvalue weighted by atomic mass is 10.2. The van der Waals surface area contributed by atoms with Crippen molar-refractivity contribution >= 4 is 23.4 Å². The van der Waals surface area contributed by atoms with Crippen molar-refractivity contribution < 1.29 is 4.74 Å². The fourth-order valence-corrected chi connectivity index (χ4v) is 2.06. The molecule has 0 radical (unpaired) electrons. The Labute approximate surface area is 123 Å². The normalized spacial score (nSPS) is 10.3. The molecule has 0 aliphatic heterocycles. The monoisotopic (exact) mass is 290 g/mol. The van der Waals surface area contributed by atoms with Crippen LogP contribution in [-0.2, 0) is 0 Å². The van der Waals surface area contributed by atoms with Crippen LogP contribution in [0.4, 0.5) is 11.6 Å². The molecule has 0 unspecified atom stereocenters. The summed E-state index contributed by atoms with van der Waals surface area (Å²) >= 11 is 1.46. The van der Waals surface area contributed by atoms with Gasteiger partial charge in [0, 0.05) is 6.07 Å². The van der Waals surface area contributed by atoms with Crippen LogP contribution < -0.4 is 15.8 Å². The third-order valence-electron chi connectivity index (χ3n) is 2.57. The molecule has 2 rings (SSSR count). The molecule has 106 valence electrons. The number of rotatable bonds is 6. The number of ether oxygens (including phenoxy) is 1. The molecule has 5 nitrogen and oxygen atoms in total. The van der Waals surface area contributed by atoms with E-state index in [4.69, 9.17) is 10.5 Å². The molecule has 0 atom stereocenters. The van der Waals surface area contributed by atoms with E-state index in [1.807, 2.05) is 37.4 Å². The summed E-state index contributed by atoms with van der Waals surface area (Å²) in [6, 6.07) is 9.69. The highest BCUT2D eigenvalue weighted by Gasteiger charge is 2.01. The van der Waals surface area contributed by atoms with E-state index in [0.717, 1.165) is 11.6 Å². The second kappa shape index (κ2) is 7.00. The average Bonchev–Trinajstić information content (AvgIpc) is 2.43. The van der Waals surface area contributed by atoms with E-state index in [2.05, 4.69) is 15.3 Å². The van der Waals surface area contributed by atoms with Crippen LogP contribution in [0.3, 0.4) is 0 Å². The van der Waals surface area contributed by atoms with Crippen LogP contribution in [0.1, 0.15) is 5.56 Å². The molecular weight excluding hydrogens is 272 g/mol. The van der Waals surface area contributed by atoms with Gasteiger partial charge in [-0.25, -0.2) is 9.97 Å². The first-order valence-electron chi connectivity index (χ1n) is 6.29. The zero-order valence-electron chi connectivity index (χ0n) is 11.6. The van der Waals surface area contributed by atoms with E-state index in [-0.39, 0.29) is 0 Å². The zero-order valence-corrected chi connectivity index (χ0v) is 12.4. The number of nitrogen functional groups attached to an aromatic ring is 1. The summed E-state index contributed by atoms with van der Waals surface area (Å²) in [6.07, 6.45) is 1.92. The van der Waals surface area contributed by atoms with Crippen molar-refractivity contribution in [2.75, 3.05) is 30.5 Å². The van der Waals surface area contributed by atoms with Gasteiger partial charge in [0.05, 0.1) is 6.54 Å². The van der Waals surface area contributed by atoms with E-state index in [1.165, 1.54) is 17.3 Å². The summed E-state index contributed by atoms with van der Waals surface area (Å²) in [5, 5.41) is 3.83. The summed E-state index contributed by atoms with van der Waals surface area (Å²) in [5.41, 5.74) is 6.90. The lowest BCUT2D eigenvalue weighted by Gasteiger charge is -2.09. The third-order valence-corrected chi connectivity index (χ3v) is 3.12. The summed E-state index contributed by atoms with van der Waals surface area (Å²) in [4.78, 5) is 8.41. The Hall–Kier alpha value is -1.95. The lowest BCUT2D eigenvalue weighted by molar-refractivity contribution is 0.332. The number of aromatic nitrogens is 2. The van der Waals surface area contributed by atoms with E-state index >= 15 is 0 Å². The molecule has 1 aromatic heterocycles. The Bertz CT molecular complexity index is 577. The summed E-state index contributed by atoms with van der Waals surface area (Å²) < 4.78 is 5.65. The molecule has 2 aromatic rings. The lowest BCUT2D eigenvalue weighted by Crippen LogP contribution is -2.13. The number of nitrogens with zero attached hydrogens (tertiary/aromatic N) is 2. The number of thioether (sulfide) groups is 1. The van der Waals surface area contributed by atoms with Gasteiger partial charge in [-0.15, -0.1) is 0 Å². The average molecular weight is 290 g/mol. The van der Waals surface area contributed by atoms with E-state index < -0.39 is 0 Å². The van der Waals surface area contributed by atoms with Crippen LogP contribution in [-0.4, -0.2) is 29.4 Å². The minimum absolute atomic E-state index is 0.464. The van der Waals surface area contributed by atoms with Gasteiger partial charge in [-0.05, 0) is 30.9 Å². The molecular formula is C14H18N4OS. The maximum atomic E-state index is 5.71. The standard InChI is InChI=1S/C14H18N4OS/c1-10-4-3-5-11(8-10)19-7-6-16-13-9-12(15)17-14(18-13)20-2/h3-5,8-9H,6-7H2,1-2H3,(H3,15,16,17,18). The van der Waals surface area contributed by atoms with E-state index in [9.17, 15) is 0 Å². The Kier molecular flexibility index (Phi) is 5.06. The Morgan fingerprint density at radius 1 is 1.30 bits per heavy atom. The van der Waals surface area contributed by atoms with Crippen molar-refractivity contribution in [2.45, 2.75) is 12.1 Å². The van der Waals surface area contributed by atoms with Gasteiger partial charge < -0.3 is 15.8 Å². The van der Waals surface area contributed by atoms with E-state index in [1.54, 1.807) is 6.07 Å². The van der Waals surface area contributed by atoms with Gasteiger partial charge in [-0.2, -0.15) is 0 Å². The predicted molar refractivity (Wildman–Crippen MR) is 83.4 cm³/mol. The van der Waals surface area contributed by atoms with Crippen molar-refractivity contribution in [3.8, 4) is 5.75 Å². The molecule has 0 aliphatic carbocycles. The zero-order chi connectivity index (χ0) is 14.4. The fraction of sp³-hybridized carbons (Fsp3) is 0.286. The Morgan fingerprint density at radius 3 is 2.90 bits per heavy atom. The van der Waals surface area contributed by atoms with Crippen LogP contribution in [0.25, 0.3) is 0 Å². The molecule has 20 heavy (non-hydrogen) atoms. The molecule has 0 spiro atoms. The number of nitrogens with two attached hydrogens (primary N) is 1. The van der Waals surface area contributed by atoms with Gasteiger partial charge in [0.2, 0.25) is 0 Å². The highest BCUT2D eigenvalue weighted by Crippen LogP contribution is 2.15. The number of benzene rings is 1. The third kappa shape index (κ3) is 4.31. The number of nitrogens with one attached hydrogen (secondary N) is 1. The molecule has 6 heteroatoms. The molecule has 3 N–H and O–H groups in total. The second-order valence-electron chi connectivity index (χ2n) is 4.26. The molecule has 0 bridgehead atoms. The first-order valence-corrected chi connectivity index (χ1v) is 7.52. The van der Waals surface area contributed by atoms with Crippen LogP contribution in [0.15, 0.2) is 35.5 Å². The van der Waals surface area contributed by atoms with Crippen molar-refractivity contribution in [3.63, 3.8) is 0 Å². The maximum absolute atomic E-state index is 5.71. The van der Waals surface area contributed by atoms with Crippen LogP contribution in [0.5, 0.6) is 5.75 Å². The largest absolute Gasteiger partial charge is 0.492 e. The molecule has 0 saturated carbocycles. The fourth-order valence-electron chi connectivity index (χ4n) is 1.68. The van der Waals surface area contributed by atoms with Gasteiger partial charge in [0.1, 0.15) is 24.0 Å². The van der Waals surface area contributed by atoms with Gasteiger partial charge in [0.15, 0.2) is 5.16 Å². The van der Waals surface area contributed by atoms with Crippen LogP contribution >= 0.6 is 11.8 Å². The summed E-state index contributed by atoms with van der Waals surface area (Å²) in [7, 11) is 0. The topological polar surface area (TPSA) is 73.1 Å². The van der Waals surface area contributed by atoms with Gasteiger partial charge in [-0.3, -0.25) is 0 Å². The van der Waals surface area contributed by atoms with Crippen LogP contribution in [0.2, 0.25) is 0 Å². The van der Waals surface area contributed by atoms with Crippen molar-refractivity contribution in [1.29, 1.82) is 0 Å². The van der Waals surface area contributed by atoms with Crippen LogP contribution in [0, 0.1) is 6.92 Å². The molecule has 1 heterocycles. The van der Waals surface area contributed by atoms with Crippen molar-refractivity contribution in [1.82, 2.24) is 9.97 Å². The first kappa shape index (κ1) is 14.5. The van der Waals surface area contributed by atoms with Crippen molar-refractivity contribution in [3.05, 3.63) is 35.9 Å². The second-order valence-corrected chi connectivity index (χ2v) is 5.03. The molecule has 0 amide bonds. The van der Waals surface area contributed by atoms with Gasteiger partial charge >= 0.3 is 0 Å². The maximum Gasteiger partial charge on any atom is 0.191 e. The quantitative estimate of drug-likeness (QED) is 0.484. The van der Waals surface area contributed by atoms with E-state index in [0.29, 0.717) is 24.1 Å².